The van der Waals surface area contributed by atoms with Gasteiger partial charge in [-0.15, -0.1) is 0 Å². The Balaban J connectivity index is 2.84. The monoisotopic (exact) mass is 208 g/mol. The predicted octanol–water partition coefficient (Wildman–Crippen LogP) is 2.22. The molecule has 4 heteroatoms. The Bertz CT molecular complexity index is 530. The lowest BCUT2D eigenvalue weighted by atomic mass is 10.2. The molecule has 0 aliphatic heterocycles. The second kappa shape index (κ2) is 3.38. The van der Waals surface area contributed by atoms with E-state index in [9.17, 15) is 9.90 Å². The van der Waals surface area contributed by atoms with Crippen LogP contribution < -0.4 is 5.43 Å². The first-order valence-electron chi connectivity index (χ1n) is 4.01. The average Bonchev–Trinajstić information content (AvgIpc) is 2.16. The summed E-state index contributed by atoms with van der Waals surface area (Å²) in [7, 11) is 0. The fourth-order valence-electron chi connectivity index (χ4n) is 1.22. The molecule has 0 bridgehead atoms. The number of hydrogen-bond donors (Lipinski definition) is 1. The molecule has 0 fully saturated rings. The Morgan fingerprint density at radius 1 is 1.36 bits per heavy atom. The molecule has 1 heterocycles. The third kappa shape index (κ3) is 1.48. The molecule has 1 N–H and O–H groups in total. The number of benzene rings is 1. The van der Waals surface area contributed by atoms with Crippen molar-refractivity contribution in [1.29, 1.82) is 0 Å². The maximum atomic E-state index is 11.5. The lowest BCUT2D eigenvalue weighted by Gasteiger charge is -1.99. The van der Waals surface area contributed by atoms with Crippen LogP contribution >= 0.6 is 11.8 Å². The first-order valence-corrected chi connectivity index (χ1v) is 5.24. The van der Waals surface area contributed by atoms with Crippen molar-refractivity contribution in [2.45, 2.75) is 5.09 Å². The minimum atomic E-state index is -0.0874. The van der Waals surface area contributed by atoms with Crippen molar-refractivity contribution >= 4 is 22.7 Å². The molecule has 14 heavy (non-hydrogen) atoms. The number of rotatable bonds is 1. The standard InChI is InChI=1S/C10H8O3S/c1-14-10-5-8(12)7-3-2-6(11)4-9(7)13-10/h2-5,11H,1H3. The first-order chi connectivity index (χ1) is 6.70. The van der Waals surface area contributed by atoms with Gasteiger partial charge in [-0.3, -0.25) is 4.79 Å². The van der Waals surface area contributed by atoms with E-state index in [4.69, 9.17) is 4.42 Å². The Labute approximate surface area is 84.4 Å². The summed E-state index contributed by atoms with van der Waals surface area (Å²) in [6.07, 6.45) is 1.83. The second-order valence-electron chi connectivity index (χ2n) is 2.81. The van der Waals surface area contributed by atoms with Crippen LogP contribution in [0.3, 0.4) is 0 Å². The van der Waals surface area contributed by atoms with E-state index in [1.54, 1.807) is 6.07 Å². The molecule has 0 unspecified atom stereocenters. The van der Waals surface area contributed by atoms with E-state index in [1.807, 2.05) is 6.26 Å². The summed E-state index contributed by atoms with van der Waals surface area (Å²) in [4.78, 5) is 11.5. The molecule has 0 radical (unpaired) electrons. The summed E-state index contributed by atoms with van der Waals surface area (Å²) in [5.74, 6) is 0.0962. The highest BCUT2D eigenvalue weighted by Gasteiger charge is 2.04. The van der Waals surface area contributed by atoms with Crippen molar-refractivity contribution in [2.24, 2.45) is 0 Å². The Hall–Kier alpha value is -1.42. The average molecular weight is 208 g/mol. The van der Waals surface area contributed by atoms with Gasteiger partial charge in [-0.1, -0.05) is 11.8 Å². The van der Waals surface area contributed by atoms with E-state index in [-0.39, 0.29) is 11.2 Å². The lowest BCUT2D eigenvalue weighted by Crippen LogP contribution is -1.99. The van der Waals surface area contributed by atoms with Crippen LogP contribution in [-0.4, -0.2) is 11.4 Å². The topological polar surface area (TPSA) is 50.4 Å². The SMILES string of the molecule is CSc1cc(=O)c2ccc(O)cc2o1. The summed E-state index contributed by atoms with van der Waals surface area (Å²) in [5, 5.41) is 10.3. The van der Waals surface area contributed by atoms with E-state index in [2.05, 4.69) is 0 Å². The first kappa shape index (κ1) is 9.15. The molecule has 3 nitrogen and oxygen atoms in total. The number of fused-ring (bicyclic) bond motifs is 1. The highest BCUT2D eigenvalue weighted by Crippen LogP contribution is 2.21. The molecule has 0 aliphatic carbocycles. The smallest absolute Gasteiger partial charge is 0.193 e. The van der Waals surface area contributed by atoms with E-state index < -0.39 is 0 Å². The molecule has 1 aromatic carbocycles. The highest BCUT2D eigenvalue weighted by atomic mass is 32.2. The van der Waals surface area contributed by atoms with Gasteiger partial charge in [0.1, 0.15) is 11.3 Å². The molecule has 2 aromatic rings. The van der Waals surface area contributed by atoms with E-state index in [1.165, 1.54) is 30.0 Å². The lowest BCUT2D eigenvalue weighted by molar-refractivity contribution is 0.468. The van der Waals surface area contributed by atoms with Crippen molar-refractivity contribution in [3.05, 3.63) is 34.5 Å². The van der Waals surface area contributed by atoms with Gasteiger partial charge >= 0.3 is 0 Å². The van der Waals surface area contributed by atoms with Crippen LogP contribution in [0.1, 0.15) is 0 Å². The third-order valence-electron chi connectivity index (χ3n) is 1.89. The van der Waals surface area contributed by atoms with Gasteiger partial charge in [0.25, 0.3) is 0 Å². The number of hydrogen-bond acceptors (Lipinski definition) is 4. The zero-order valence-corrected chi connectivity index (χ0v) is 8.30. The summed E-state index contributed by atoms with van der Waals surface area (Å²) < 4.78 is 5.38. The van der Waals surface area contributed by atoms with Crippen LogP contribution in [0.5, 0.6) is 5.75 Å². The summed E-state index contributed by atoms with van der Waals surface area (Å²) in [6, 6.07) is 5.92. The maximum Gasteiger partial charge on any atom is 0.193 e. The molecular formula is C10H8O3S. The Morgan fingerprint density at radius 3 is 2.86 bits per heavy atom. The van der Waals surface area contributed by atoms with Crippen molar-refractivity contribution in [3.63, 3.8) is 0 Å². The van der Waals surface area contributed by atoms with Crippen molar-refractivity contribution in [2.75, 3.05) is 6.26 Å². The largest absolute Gasteiger partial charge is 0.508 e. The van der Waals surface area contributed by atoms with E-state index in [0.29, 0.717) is 16.1 Å². The number of thioether (sulfide) groups is 1. The van der Waals surface area contributed by atoms with Crippen LogP contribution in [0.4, 0.5) is 0 Å². The highest BCUT2D eigenvalue weighted by molar-refractivity contribution is 7.98. The van der Waals surface area contributed by atoms with Gasteiger partial charge < -0.3 is 9.52 Å². The molecule has 0 aliphatic rings. The van der Waals surface area contributed by atoms with Gasteiger partial charge in [-0.2, -0.15) is 0 Å². The van der Waals surface area contributed by atoms with Gasteiger partial charge in [0.05, 0.1) is 5.39 Å². The van der Waals surface area contributed by atoms with Crippen LogP contribution in [0.25, 0.3) is 11.0 Å². The van der Waals surface area contributed by atoms with Gasteiger partial charge in [-0.25, -0.2) is 0 Å². The molecule has 72 valence electrons. The fraction of sp³-hybridized carbons (Fsp3) is 0.100. The predicted molar refractivity (Wildman–Crippen MR) is 55.9 cm³/mol. The number of phenolic OH excluding ortho intramolecular Hbond substituents is 1. The molecule has 0 spiro atoms. The van der Waals surface area contributed by atoms with Gasteiger partial charge in [-0.05, 0) is 18.4 Å². The summed E-state index contributed by atoms with van der Waals surface area (Å²) in [5.41, 5.74) is 0.331. The van der Waals surface area contributed by atoms with Gasteiger partial charge in [0.2, 0.25) is 0 Å². The quantitative estimate of drug-likeness (QED) is 0.730. The maximum absolute atomic E-state index is 11.5. The summed E-state index contributed by atoms with van der Waals surface area (Å²) >= 11 is 1.36. The molecule has 0 saturated carbocycles. The minimum absolute atomic E-state index is 0.0874. The van der Waals surface area contributed by atoms with Crippen LogP contribution in [0.2, 0.25) is 0 Å². The number of phenols is 1. The molecular weight excluding hydrogens is 200 g/mol. The van der Waals surface area contributed by atoms with Crippen molar-refractivity contribution < 1.29 is 9.52 Å². The third-order valence-corrected chi connectivity index (χ3v) is 2.49. The zero-order valence-electron chi connectivity index (χ0n) is 7.48. The minimum Gasteiger partial charge on any atom is -0.508 e. The number of aromatic hydroxyl groups is 1. The molecule has 0 saturated heterocycles. The molecule has 0 amide bonds. The van der Waals surface area contributed by atoms with Gasteiger partial charge in [0, 0.05) is 12.1 Å². The van der Waals surface area contributed by atoms with Crippen LogP contribution in [0.15, 0.2) is 38.6 Å². The Morgan fingerprint density at radius 2 is 2.14 bits per heavy atom. The zero-order chi connectivity index (χ0) is 10.1. The second-order valence-corrected chi connectivity index (χ2v) is 3.62. The van der Waals surface area contributed by atoms with Crippen LogP contribution in [0, 0.1) is 0 Å². The Kier molecular flexibility index (Phi) is 2.21. The van der Waals surface area contributed by atoms with Gasteiger partial charge in [0.15, 0.2) is 10.5 Å². The van der Waals surface area contributed by atoms with Crippen molar-refractivity contribution in [3.8, 4) is 5.75 Å². The molecule has 2 rings (SSSR count). The normalized spacial score (nSPS) is 10.6. The summed E-state index contributed by atoms with van der Waals surface area (Å²) in [6.45, 7) is 0. The van der Waals surface area contributed by atoms with Crippen molar-refractivity contribution in [1.82, 2.24) is 0 Å². The molecule has 0 atom stereocenters. The fourth-order valence-corrected chi connectivity index (χ4v) is 1.62. The van der Waals surface area contributed by atoms with Crippen LogP contribution in [-0.2, 0) is 0 Å². The molecule has 1 aromatic heterocycles. The van der Waals surface area contributed by atoms with E-state index >= 15 is 0 Å². The van der Waals surface area contributed by atoms with E-state index in [0.717, 1.165) is 0 Å².